The number of pyridine rings is 1. The first kappa shape index (κ1) is 20.6. The number of nitrogens with one attached hydrogen (secondary N) is 2. The topological polar surface area (TPSA) is 80.3 Å². The minimum absolute atomic E-state index is 0.00824. The Balaban J connectivity index is 1.48. The summed E-state index contributed by atoms with van der Waals surface area (Å²) < 4.78 is 43.1. The number of alkyl halides is 3. The van der Waals surface area contributed by atoms with E-state index in [2.05, 4.69) is 15.6 Å². The maximum Gasteiger partial charge on any atom is 0.416 e. The van der Waals surface area contributed by atoms with Crippen LogP contribution >= 0.6 is 0 Å². The van der Waals surface area contributed by atoms with Crippen LogP contribution in [0.25, 0.3) is 0 Å². The van der Waals surface area contributed by atoms with E-state index in [1.165, 1.54) is 24.4 Å². The van der Waals surface area contributed by atoms with Gasteiger partial charge in [-0.25, -0.2) is 4.98 Å². The summed E-state index contributed by atoms with van der Waals surface area (Å²) in [4.78, 5) is 27.9. The molecule has 0 radical (unpaired) electrons. The summed E-state index contributed by atoms with van der Waals surface area (Å²) >= 11 is 0. The third-order valence-electron chi connectivity index (χ3n) is 4.57. The maximum absolute atomic E-state index is 12.6. The summed E-state index contributed by atoms with van der Waals surface area (Å²) in [5.41, 5.74) is -0.360. The van der Waals surface area contributed by atoms with Crippen LogP contribution < -0.4 is 15.4 Å². The van der Waals surface area contributed by atoms with Crippen molar-refractivity contribution >= 4 is 17.5 Å². The molecule has 0 saturated heterocycles. The molecule has 29 heavy (non-hydrogen) atoms. The van der Waals surface area contributed by atoms with Crippen LogP contribution in [0.4, 0.5) is 18.9 Å². The van der Waals surface area contributed by atoms with E-state index in [1.807, 2.05) is 0 Å². The van der Waals surface area contributed by atoms with E-state index in [4.69, 9.17) is 4.74 Å². The summed E-state index contributed by atoms with van der Waals surface area (Å²) in [5, 5.41) is 5.23. The van der Waals surface area contributed by atoms with Crippen LogP contribution in [-0.2, 0) is 15.8 Å². The van der Waals surface area contributed by atoms with Crippen molar-refractivity contribution in [3.8, 4) is 11.6 Å². The fourth-order valence-electron chi connectivity index (χ4n) is 3.05. The number of benzene rings is 1. The van der Waals surface area contributed by atoms with Crippen LogP contribution in [0.5, 0.6) is 11.6 Å². The first-order valence-electron chi connectivity index (χ1n) is 9.20. The van der Waals surface area contributed by atoms with Gasteiger partial charge in [-0.15, -0.1) is 0 Å². The molecular formula is C20H20F3N3O3. The third kappa shape index (κ3) is 5.94. The average Bonchev–Trinajstić information content (AvgIpc) is 3.22. The Bertz CT molecular complexity index is 846. The van der Waals surface area contributed by atoms with Crippen molar-refractivity contribution in [2.45, 2.75) is 31.9 Å². The van der Waals surface area contributed by atoms with Crippen LogP contribution in [0, 0.1) is 5.92 Å². The van der Waals surface area contributed by atoms with Gasteiger partial charge in [-0.1, -0.05) is 12.8 Å². The Morgan fingerprint density at radius 3 is 2.34 bits per heavy atom. The number of halogens is 3. The van der Waals surface area contributed by atoms with Gasteiger partial charge in [0, 0.05) is 12.0 Å². The molecule has 1 heterocycles. The number of anilines is 1. The Morgan fingerprint density at radius 2 is 1.76 bits per heavy atom. The highest BCUT2D eigenvalue weighted by Crippen LogP contribution is 2.31. The molecule has 1 fully saturated rings. The zero-order valence-corrected chi connectivity index (χ0v) is 15.5. The lowest BCUT2D eigenvalue weighted by atomic mass is 10.1. The second kappa shape index (κ2) is 8.93. The number of carbonyl (C=O) groups excluding carboxylic acids is 2. The molecule has 2 N–H and O–H groups in total. The van der Waals surface area contributed by atoms with Gasteiger partial charge in [0.25, 0.3) is 0 Å². The number of hydrogen-bond donors (Lipinski definition) is 2. The lowest BCUT2D eigenvalue weighted by Gasteiger charge is -2.11. The van der Waals surface area contributed by atoms with Gasteiger partial charge in [0.05, 0.1) is 24.0 Å². The largest absolute Gasteiger partial charge is 0.439 e. The molecule has 6 nitrogen and oxygen atoms in total. The quantitative estimate of drug-likeness (QED) is 0.754. The molecule has 0 aliphatic heterocycles. The number of aromatic nitrogens is 1. The first-order valence-corrected chi connectivity index (χ1v) is 9.20. The fourth-order valence-corrected chi connectivity index (χ4v) is 3.05. The van der Waals surface area contributed by atoms with Crippen LogP contribution in [0.2, 0.25) is 0 Å². The minimum Gasteiger partial charge on any atom is -0.439 e. The number of amides is 2. The molecule has 0 atom stereocenters. The van der Waals surface area contributed by atoms with Crippen molar-refractivity contribution in [2.24, 2.45) is 5.92 Å². The highest BCUT2D eigenvalue weighted by Gasteiger charge is 2.30. The van der Waals surface area contributed by atoms with E-state index >= 15 is 0 Å². The van der Waals surface area contributed by atoms with Crippen molar-refractivity contribution in [1.82, 2.24) is 10.3 Å². The molecular weight excluding hydrogens is 387 g/mol. The second-order valence-electron chi connectivity index (χ2n) is 6.76. The van der Waals surface area contributed by atoms with Gasteiger partial charge in [-0.3, -0.25) is 9.59 Å². The van der Waals surface area contributed by atoms with E-state index in [9.17, 15) is 22.8 Å². The Morgan fingerprint density at radius 1 is 1.07 bits per heavy atom. The van der Waals surface area contributed by atoms with Crippen LogP contribution in [-0.4, -0.2) is 23.3 Å². The summed E-state index contributed by atoms with van der Waals surface area (Å²) in [7, 11) is 0. The molecule has 1 aromatic heterocycles. The zero-order valence-electron chi connectivity index (χ0n) is 15.5. The van der Waals surface area contributed by atoms with E-state index in [0.29, 0.717) is 5.69 Å². The smallest absolute Gasteiger partial charge is 0.416 e. The number of nitrogens with zero attached hydrogens (tertiary/aromatic N) is 1. The van der Waals surface area contributed by atoms with Gasteiger partial charge in [-0.2, -0.15) is 13.2 Å². The van der Waals surface area contributed by atoms with Crippen LogP contribution in [0.1, 0.15) is 31.2 Å². The van der Waals surface area contributed by atoms with Crippen molar-refractivity contribution in [2.75, 3.05) is 11.9 Å². The highest BCUT2D eigenvalue weighted by molar-refractivity contribution is 5.94. The zero-order chi connectivity index (χ0) is 20.9. The van der Waals surface area contributed by atoms with Gasteiger partial charge in [0.15, 0.2) is 0 Å². The standard InChI is InChI=1S/C20H20F3N3O3/c21-20(22,23)14-5-8-16(9-6-14)29-18-10-7-15(11-24-18)26-17(27)12-25-19(28)13-3-1-2-4-13/h5-11,13H,1-4,12H2,(H,25,28)(H,26,27). The van der Waals surface area contributed by atoms with E-state index in [1.54, 1.807) is 6.07 Å². The van der Waals surface area contributed by atoms with Crippen LogP contribution in [0.15, 0.2) is 42.6 Å². The summed E-state index contributed by atoms with van der Waals surface area (Å²) in [6.07, 6.45) is 0.743. The molecule has 9 heteroatoms. The lowest BCUT2D eigenvalue weighted by molar-refractivity contribution is -0.137. The van der Waals surface area contributed by atoms with Crippen molar-refractivity contribution in [3.05, 3.63) is 48.2 Å². The summed E-state index contributed by atoms with van der Waals surface area (Å²) in [6.45, 7) is -0.126. The Kier molecular flexibility index (Phi) is 6.36. The van der Waals surface area contributed by atoms with E-state index in [0.717, 1.165) is 37.8 Å². The molecule has 0 bridgehead atoms. The highest BCUT2D eigenvalue weighted by atomic mass is 19.4. The van der Waals surface area contributed by atoms with Gasteiger partial charge in [-0.05, 0) is 43.2 Å². The molecule has 2 aromatic rings. The van der Waals surface area contributed by atoms with Gasteiger partial charge in [0.2, 0.25) is 17.7 Å². The predicted molar refractivity (Wildman–Crippen MR) is 99.4 cm³/mol. The SMILES string of the molecule is O=C(CNC(=O)C1CCCC1)Nc1ccc(Oc2ccc(C(F)(F)F)cc2)nc1. The number of carbonyl (C=O) groups is 2. The summed E-state index contributed by atoms with van der Waals surface area (Å²) in [6, 6.07) is 7.27. The van der Waals surface area contributed by atoms with Crippen LogP contribution in [0.3, 0.4) is 0 Å². The molecule has 0 unspecified atom stereocenters. The molecule has 1 aliphatic rings. The third-order valence-corrected chi connectivity index (χ3v) is 4.57. The van der Waals surface area contributed by atoms with Gasteiger partial charge < -0.3 is 15.4 Å². The normalized spacial score (nSPS) is 14.4. The number of hydrogen-bond acceptors (Lipinski definition) is 4. The number of rotatable bonds is 6. The Labute approximate surface area is 165 Å². The molecule has 1 saturated carbocycles. The van der Waals surface area contributed by atoms with Gasteiger partial charge >= 0.3 is 6.18 Å². The summed E-state index contributed by atoms with van der Waals surface area (Å²) in [5.74, 6) is -0.120. The molecule has 0 spiro atoms. The monoisotopic (exact) mass is 407 g/mol. The predicted octanol–water partition coefficient (Wildman–Crippen LogP) is 4.14. The van der Waals surface area contributed by atoms with Crippen molar-refractivity contribution in [3.63, 3.8) is 0 Å². The van der Waals surface area contributed by atoms with Crippen molar-refractivity contribution < 1.29 is 27.5 Å². The molecule has 154 valence electrons. The second-order valence-corrected chi connectivity index (χ2v) is 6.76. The minimum atomic E-state index is -4.41. The molecule has 2 amide bonds. The Hall–Kier alpha value is -3.10. The van der Waals surface area contributed by atoms with E-state index in [-0.39, 0.29) is 35.9 Å². The lowest BCUT2D eigenvalue weighted by Crippen LogP contribution is -2.36. The molecule has 3 rings (SSSR count). The van der Waals surface area contributed by atoms with Crippen molar-refractivity contribution in [1.29, 1.82) is 0 Å². The number of ether oxygens (including phenoxy) is 1. The fraction of sp³-hybridized carbons (Fsp3) is 0.350. The first-order chi connectivity index (χ1) is 13.8. The van der Waals surface area contributed by atoms with E-state index < -0.39 is 11.7 Å². The maximum atomic E-state index is 12.6. The average molecular weight is 407 g/mol. The molecule has 1 aliphatic carbocycles. The van der Waals surface area contributed by atoms with Gasteiger partial charge in [0.1, 0.15) is 5.75 Å². The molecule has 1 aromatic carbocycles.